The van der Waals surface area contributed by atoms with Gasteiger partial charge in [0.1, 0.15) is 0 Å². The van der Waals surface area contributed by atoms with E-state index in [1.165, 1.54) is 0 Å². The molecule has 1 aliphatic rings. The average Bonchev–Trinajstić information content (AvgIpc) is 1.69. The van der Waals surface area contributed by atoms with Crippen molar-refractivity contribution in [3.63, 3.8) is 0 Å². The fourth-order valence-electron chi connectivity index (χ4n) is 0.530. The molecule has 0 saturated heterocycles. The van der Waals surface area contributed by atoms with Crippen LogP contribution < -0.4 is 5.41 Å². The van der Waals surface area contributed by atoms with Crippen LogP contribution in [0.4, 0.5) is 0 Å². The Kier molecular flexibility index (Phi) is 1.07. The first-order valence-corrected chi connectivity index (χ1v) is 2.34. The Morgan fingerprint density at radius 2 is 2.29 bits per heavy atom. The zero-order chi connectivity index (χ0) is 5.11. The molecule has 7 heavy (non-hydrogen) atoms. The predicted octanol–water partition coefficient (Wildman–Crippen LogP) is -0.297. The zero-order valence-electron chi connectivity index (χ0n) is 4.09. The van der Waals surface area contributed by atoms with Crippen LogP contribution in [0.2, 0.25) is 0 Å². The lowest BCUT2D eigenvalue weighted by molar-refractivity contribution is -0.113. The molecular formula is C6H8N+. The lowest BCUT2D eigenvalue weighted by Crippen LogP contribution is -2.38. The van der Waals surface area contributed by atoms with Crippen LogP contribution in [0.1, 0.15) is 6.42 Å². The second kappa shape index (κ2) is 1.73. The molecule has 0 saturated carbocycles. The minimum atomic E-state index is 0.913. The third-order valence-electron chi connectivity index (χ3n) is 0.911. The van der Waals surface area contributed by atoms with Gasteiger partial charge in [-0.05, 0) is 0 Å². The van der Waals surface area contributed by atoms with Crippen LogP contribution in [0, 0.1) is 0 Å². The van der Waals surface area contributed by atoms with Gasteiger partial charge < -0.3 is 0 Å². The number of hydrogen-bond acceptors (Lipinski definition) is 0. The first-order chi connectivity index (χ1) is 3.39. The van der Waals surface area contributed by atoms with Crippen molar-refractivity contribution < 1.29 is 5.41 Å². The second-order valence-electron chi connectivity index (χ2n) is 1.57. The van der Waals surface area contributed by atoms with Crippen molar-refractivity contribution in [3.05, 3.63) is 24.3 Å². The SMILES string of the molecule is [NH2+]=C1C=CC=CC1. The van der Waals surface area contributed by atoms with E-state index in [0.717, 1.165) is 12.1 Å². The summed E-state index contributed by atoms with van der Waals surface area (Å²) in [6, 6.07) is 0. The van der Waals surface area contributed by atoms with Gasteiger partial charge in [-0.1, -0.05) is 18.2 Å². The molecule has 0 aromatic heterocycles. The fourth-order valence-corrected chi connectivity index (χ4v) is 0.530. The summed E-state index contributed by atoms with van der Waals surface area (Å²) < 4.78 is 0. The number of allylic oxidation sites excluding steroid dienone is 4. The van der Waals surface area contributed by atoms with Crippen LogP contribution in [0.25, 0.3) is 0 Å². The predicted molar refractivity (Wildman–Crippen MR) is 29.8 cm³/mol. The Hall–Kier alpha value is -0.850. The Morgan fingerprint density at radius 1 is 1.43 bits per heavy atom. The third-order valence-corrected chi connectivity index (χ3v) is 0.911. The van der Waals surface area contributed by atoms with Gasteiger partial charge in [-0.3, -0.25) is 5.41 Å². The molecule has 0 unspecified atom stereocenters. The molecule has 0 atom stereocenters. The lowest BCUT2D eigenvalue weighted by atomic mass is 10.2. The molecule has 2 N–H and O–H groups in total. The Labute approximate surface area is 42.9 Å². The Bertz CT molecular complexity index is 131. The molecule has 0 aromatic rings. The van der Waals surface area contributed by atoms with Crippen LogP contribution in [0.3, 0.4) is 0 Å². The minimum absolute atomic E-state index is 0.913. The van der Waals surface area contributed by atoms with Gasteiger partial charge in [0, 0.05) is 6.08 Å². The van der Waals surface area contributed by atoms with Crippen molar-refractivity contribution in [2.45, 2.75) is 6.42 Å². The summed E-state index contributed by atoms with van der Waals surface area (Å²) in [4.78, 5) is 0. The molecule has 1 nitrogen and oxygen atoms in total. The molecule has 0 aliphatic heterocycles. The lowest BCUT2D eigenvalue weighted by Gasteiger charge is -1.87. The minimum Gasteiger partial charge on any atom is -0.258 e. The van der Waals surface area contributed by atoms with E-state index in [-0.39, 0.29) is 0 Å². The molecule has 0 bridgehead atoms. The summed E-state index contributed by atoms with van der Waals surface area (Å²) >= 11 is 0. The van der Waals surface area contributed by atoms with Gasteiger partial charge in [0.25, 0.3) is 0 Å². The highest BCUT2D eigenvalue weighted by atomic mass is 14.4. The molecule has 1 heteroatoms. The summed E-state index contributed by atoms with van der Waals surface area (Å²) in [6.07, 6.45) is 8.81. The van der Waals surface area contributed by atoms with Crippen molar-refractivity contribution in [1.29, 1.82) is 0 Å². The molecule has 0 amide bonds. The van der Waals surface area contributed by atoms with Crippen LogP contribution in [0.15, 0.2) is 24.3 Å². The maximum atomic E-state index is 5.41. The van der Waals surface area contributed by atoms with Crippen molar-refractivity contribution in [2.24, 2.45) is 0 Å². The normalized spacial score (nSPS) is 18.0. The monoisotopic (exact) mass is 94.1 g/mol. The van der Waals surface area contributed by atoms with Crippen LogP contribution in [-0.4, -0.2) is 5.71 Å². The fraction of sp³-hybridized carbons (Fsp3) is 0.167. The van der Waals surface area contributed by atoms with Gasteiger partial charge in [0.2, 0.25) is 0 Å². The average molecular weight is 94.1 g/mol. The molecule has 0 radical (unpaired) electrons. The van der Waals surface area contributed by atoms with E-state index in [0.29, 0.717) is 0 Å². The highest BCUT2D eigenvalue weighted by molar-refractivity contribution is 5.92. The van der Waals surface area contributed by atoms with E-state index in [9.17, 15) is 0 Å². The standard InChI is InChI=1S/C6H7N/c7-6-4-2-1-3-5-6/h1-4,7H,5H2/p+1. The van der Waals surface area contributed by atoms with E-state index in [1.54, 1.807) is 0 Å². The number of hydrogen-bond donors (Lipinski definition) is 1. The topological polar surface area (TPSA) is 25.6 Å². The molecule has 36 valence electrons. The van der Waals surface area contributed by atoms with E-state index in [2.05, 4.69) is 0 Å². The van der Waals surface area contributed by atoms with E-state index in [4.69, 9.17) is 5.41 Å². The van der Waals surface area contributed by atoms with Crippen LogP contribution in [-0.2, 0) is 0 Å². The van der Waals surface area contributed by atoms with Crippen LogP contribution in [0.5, 0.6) is 0 Å². The van der Waals surface area contributed by atoms with Gasteiger partial charge in [-0.15, -0.1) is 0 Å². The van der Waals surface area contributed by atoms with Crippen molar-refractivity contribution in [3.8, 4) is 0 Å². The van der Waals surface area contributed by atoms with E-state index >= 15 is 0 Å². The Balaban J connectivity index is 2.66. The van der Waals surface area contributed by atoms with Crippen LogP contribution >= 0.6 is 0 Å². The highest BCUT2D eigenvalue weighted by Crippen LogP contribution is 1.92. The van der Waals surface area contributed by atoms with Gasteiger partial charge in [-0.25, -0.2) is 0 Å². The molecule has 0 heterocycles. The first kappa shape index (κ1) is 4.31. The molecule has 0 spiro atoms. The van der Waals surface area contributed by atoms with Gasteiger partial charge in [0.05, 0.1) is 6.42 Å². The van der Waals surface area contributed by atoms with Crippen molar-refractivity contribution >= 4 is 5.71 Å². The van der Waals surface area contributed by atoms with Gasteiger partial charge in [0.15, 0.2) is 5.71 Å². The Morgan fingerprint density at radius 3 is 2.57 bits per heavy atom. The van der Waals surface area contributed by atoms with Gasteiger partial charge >= 0.3 is 0 Å². The molecule has 1 aliphatic carbocycles. The van der Waals surface area contributed by atoms with E-state index in [1.807, 2.05) is 24.3 Å². The van der Waals surface area contributed by atoms with E-state index < -0.39 is 0 Å². The molecule has 1 rings (SSSR count). The smallest absolute Gasteiger partial charge is 0.176 e. The summed E-state index contributed by atoms with van der Waals surface area (Å²) in [5, 5.41) is 5.41. The summed E-state index contributed by atoms with van der Waals surface area (Å²) in [5.41, 5.74) is 0.947. The quantitative estimate of drug-likeness (QED) is 0.426. The highest BCUT2D eigenvalue weighted by Gasteiger charge is 1.93. The second-order valence-corrected chi connectivity index (χ2v) is 1.57. The first-order valence-electron chi connectivity index (χ1n) is 2.34. The summed E-state index contributed by atoms with van der Waals surface area (Å²) in [7, 11) is 0. The van der Waals surface area contributed by atoms with Gasteiger partial charge in [-0.2, -0.15) is 0 Å². The zero-order valence-corrected chi connectivity index (χ0v) is 4.09. The molecular weight excluding hydrogens is 86.1 g/mol. The number of rotatable bonds is 0. The molecule has 0 fully saturated rings. The maximum absolute atomic E-state index is 5.41. The largest absolute Gasteiger partial charge is 0.258 e. The number of nitrogens with two attached hydrogens (primary N) is 1. The summed E-state index contributed by atoms with van der Waals surface area (Å²) in [6.45, 7) is 0. The van der Waals surface area contributed by atoms with Crippen molar-refractivity contribution in [2.75, 3.05) is 0 Å². The maximum Gasteiger partial charge on any atom is 0.176 e. The molecule has 0 aromatic carbocycles. The third kappa shape index (κ3) is 1.000. The summed E-state index contributed by atoms with van der Waals surface area (Å²) in [5.74, 6) is 0. The van der Waals surface area contributed by atoms with Crippen molar-refractivity contribution in [1.82, 2.24) is 0 Å².